The first kappa shape index (κ1) is 22.4. The molecule has 0 unspecified atom stereocenters. The molecule has 0 bridgehead atoms. The van der Waals surface area contributed by atoms with Crippen molar-refractivity contribution in [2.45, 2.75) is 25.3 Å². The van der Waals surface area contributed by atoms with Crippen LogP contribution < -0.4 is 14.8 Å². The Morgan fingerprint density at radius 2 is 1.69 bits per heavy atom. The number of ether oxygens (including phenoxy) is 2. The van der Waals surface area contributed by atoms with E-state index in [1.165, 1.54) is 12.1 Å². The predicted molar refractivity (Wildman–Crippen MR) is 107 cm³/mol. The number of aryl methyl sites for hydroxylation is 1. The van der Waals surface area contributed by atoms with Crippen molar-refractivity contribution >= 4 is 21.9 Å². The fraction of sp³-hybridized carbons (Fsp3) is 0.300. The van der Waals surface area contributed by atoms with E-state index in [-0.39, 0.29) is 18.0 Å². The molecule has 0 atom stereocenters. The summed E-state index contributed by atoms with van der Waals surface area (Å²) in [5.41, 5.74) is 1.63. The summed E-state index contributed by atoms with van der Waals surface area (Å²) in [6.07, 6.45) is 0. The highest BCUT2D eigenvalue weighted by Gasteiger charge is 2.16. The SMILES string of the molecule is CCOc1ccccc1COC(=O)CNC(=O)CNS(=O)(=O)c1ccc(C)cc1. The molecular weight excluding hydrogens is 396 g/mol. The Labute approximate surface area is 170 Å². The molecule has 1 amide bonds. The van der Waals surface area contributed by atoms with Crippen molar-refractivity contribution < 1.29 is 27.5 Å². The highest BCUT2D eigenvalue weighted by molar-refractivity contribution is 7.89. The lowest BCUT2D eigenvalue weighted by Gasteiger charge is -2.11. The summed E-state index contributed by atoms with van der Waals surface area (Å²) in [6.45, 7) is 3.32. The van der Waals surface area contributed by atoms with Gasteiger partial charge in [0.2, 0.25) is 15.9 Å². The van der Waals surface area contributed by atoms with Crippen LogP contribution in [0.1, 0.15) is 18.1 Å². The van der Waals surface area contributed by atoms with E-state index in [0.717, 1.165) is 5.56 Å². The summed E-state index contributed by atoms with van der Waals surface area (Å²) in [5.74, 6) is -0.671. The molecule has 0 aliphatic carbocycles. The van der Waals surface area contributed by atoms with Gasteiger partial charge in [-0.2, -0.15) is 0 Å². The zero-order valence-electron chi connectivity index (χ0n) is 16.3. The van der Waals surface area contributed by atoms with Gasteiger partial charge in [0.1, 0.15) is 18.9 Å². The van der Waals surface area contributed by atoms with Gasteiger partial charge in [-0.3, -0.25) is 9.59 Å². The van der Waals surface area contributed by atoms with Gasteiger partial charge in [0.15, 0.2) is 0 Å². The van der Waals surface area contributed by atoms with Crippen LogP contribution in [0.2, 0.25) is 0 Å². The number of benzene rings is 2. The molecule has 2 rings (SSSR count). The van der Waals surface area contributed by atoms with Gasteiger partial charge in [-0.05, 0) is 32.0 Å². The second-order valence-electron chi connectivity index (χ2n) is 6.12. The summed E-state index contributed by atoms with van der Waals surface area (Å²) in [7, 11) is -3.81. The van der Waals surface area contributed by atoms with E-state index in [1.807, 2.05) is 19.9 Å². The Kier molecular flexibility index (Phi) is 8.17. The van der Waals surface area contributed by atoms with Crippen LogP contribution in [-0.4, -0.2) is 40.0 Å². The van der Waals surface area contributed by atoms with Gasteiger partial charge in [-0.15, -0.1) is 0 Å². The number of nitrogens with one attached hydrogen (secondary N) is 2. The zero-order valence-corrected chi connectivity index (χ0v) is 17.1. The third kappa shape index (κ3) is 7.20. The fourth-order valence-electron chi connectivity index (χ4n) is 2.32. The number of hydrogen-bond acceptors (Lipinski definition) is 6. The van der Waals surface area contributed by atoms with Crippen LogP contribution in [0.4, 0.5) is 0 Å². The molecule has 2 aromatic carbocycles. The molecule has 8 nitrogen and oxygen atoms in total. The van der Waals surface area contributed by atoms with Crippen molar-refractivity contribution in [3.8, 4) is 5.75 Å². The Morgan fingerprint density at radius 1 is 1.00 bits per heavy atom. The maximum atomic E-state index is 12.1. The first-order chi connectivity index (χ1) is 13.8. The Hall–Kier alpha value is -2.91. The number of para-hydroxylation sites is 1. The van der Waals surface area contributed by atoms with Crippen molar-refractivity contribution in [2.75, 3.05) is 19.7 Å². The predicted octanol–water partition coefficient (Wildman–Crippen LogP) is 1.53. The minimum Gasteiger partial charge on any atom is -0.493 e. The van der Waals surface area contributed by atoms with E-state index < -0.39 is 28.4 Å². The summed E-state index contributed by atoms with van der Waals surface area (Å²) < 4.78 is 37.0. The molecule has 156 valence electrons. The van der Waals surface area contributed by atoms with E-state index in [2.05, 4.69) is 10.0 Å². The third-order valence-electron chi connectivity index (χ3n) is 3.85. The summed E-state index contributed by atoms with van der Waals surface area (Å²) in [5, 5.41) is 2.32. The third-order valence-corrected chi connectivity index (χ3v) is 5.26. The van der Waals surface area contributed by atoms with Gasteiger partial charge in [-0.25, -0.2) is 13.1 Å². The quantitative estimate of drug-likeness (QED) is 0.564. The van der Waals surface area contributed by atoms with E-state index in [9.17, 15) is 18.0 Å². The van der Waals surface area contributed by atoms with Gasteiger partial charge in [0, 0.05) is 5.56 Å². The lowest BCUT2D eigenvalue weighted by atomic mass is 10.2. The van der Waals surface area contributed by atoms with Crippen molar-refractivity contribution in [1.29, 1.82) is 0 Å². The molecule has 0 saturated heterocycles. The maximum Gasteiger partial charge on any atom is 0.325 e. The molecule has 0 heterocycles. The lowest BCUT2D eigenvalue weighted by molar-refractivity contribution is -0.145. The number of carbonyl (C=O) groups excluding carboxylic acids is 2. The first-order valence-electron chi connectivity index (χ1n) is 9.01. The van der Waals surface area contributed by atoms with Crippen LogP contribution in [0, 0.1) is 6.92 Å². The summed E-state index contributed by atoms with van der Waals surface area (Å²) >= 11 is 0. The van der Waals surface area contributed by atoms with Crippen LogP contribution in [-0.2, 0) is 31.0 Å². The minimum atomic E-state index is -3.81. The summed E-state index contributed by atoms with van der Waals surface area (Å²) in [4.78, 5) is 23.7. The van der Waals surface area contributed by atoms with Crippen molar-refractivity contribution in [1.82, 2.24) is 10.0 Å². The van der Waals surface area contributed by atoms with Gasteiger partial charge in [-0.1, -0.05) is 35.9 Å². The maximum absolute atomic E-state index is 12.1. The van der Waals surface area contributed by atoms with E-state index in [1.54, 1.807) is 30.3 Å². The molecule has 9 heteroatoms. The van der Waals surface area contributed by atoms with E-state index in [4.69, 9.17) is 9.47 Å². The minimum absolute atomic E-state index is 0.00489. The molecule has 0 aliphatic rings. The van der Waals surface area contributed by atoms with Crippen molar-refractivity contribution in [2.24, 2.45) is 0 Å². The Balaban J connectivity index is 1.76. The van der Waals surface area contributed by atoms with Crippen LogP contribution >= 0.6 is 0 Å². The van der Waals surface area contributed by atoms with E-state index in [0.29, 0.717) is 17.9 Å². The number of carbonyl (C=O) groups is 2. The molecule has 0 saturated carbocycles. The fourth-order valence-corrected chi connectivity index (χ4v) is 3.31. The normalized spacial score (nSPS) is 11.0. The molecule has 0 spiro atoms. The number of hydrogen-bond donors (Lipinski definition) is 2. The Bertz CT molecular complexity index is 942. The number of amides is 1. The van der Waals surface area contributed by atoms with Crippen LogP contribution in [0.3, 0.4) is 0 Å². The molecule has 2 N–H and O–H groups in total. The average molecular weight is 420 g/mol. The standard InChI is InChI=1S/C20H24N2O6S/c1-3-27-18-7-5-4-6-16(18)14-28-20(24)13-21-19(23)12-22-29(25,26)17-10-8-15(2)9-11-17/h4-11,22H,3,12-14H2,1-2H3,(H,21,23). The molecule has 0 aliphatic heterocycles. The number of esters is 1. The second kappa shape index (κ2) is 10.6. The van der Waals surface area contributed by atoms with Gasteiger partial charge in [0.05, 0.1) is 18.0 Å². The van der Waals surface area contributed by atoms with Gasteiger partial charge < -0.3 is 14.8 Å². The Morgan fingerprint density at radius 3 is 2.38 bits per heavy atom. The largest absolute Gasteiger partial charge is 0.493 e. The van der Waals surface area contributed by atoms with Crippen LogP contribution in [0.15, 0.2) is 53.4 Å². The van der Waals surface area contributed by atoms with Gasteiger partial charge in [0.25, 0.3) is 0 Å². The molecule has 0 aromatic heterocycles. The number of sulfonamides is 1. The average Bonchev–Trinajstić information content (AvgIpc) is 2.70. The second-order valence-corrected chi connectivity index (χ2v) is 7.88. The van der Waals surface area contributed by atoms with Gasteiger partial charge >= 0.3 is 5.97 Å². The topological polar surface area (TPSA) is 111 Å². The smallest absolute Gasteiger partial charge is 0.325 e. The molecule has 0 radical (unpaired) electrons. The summed E-state index contributed by atoms with van der Waals surface area (Å²) in [6, 6.07) is 13.4. The monoisotopic (exact) mass is 420 g/mol. The lowest BCUT2D eigenvalue weighted by Crippen LogP contribution is -2.39. The van der Waals surface area contributed by atoms with E-state index >= 15 is 0 Å². The van der Waals surface area contributed by atoms with Crippen molar-refractivity contribution in [3.05, 3.63) is 59.7 Å². The highest BCUT2D eigenvalue weighted by atomic mass is 32.2. The number of rotatable bonds is 10. The molecular formula is C20H24N2O6S. The first-order valence-corrected chi connectivity index (χ1v) is 10.5. The molecule has 0 fully saturated rings. The zero-order chi connectivity index (χ0) is 21.3. The molecule has 2 aromatic rings. The molecule has 29 heavy (non-hydrogen) atoms. The van der Waals surface area contributed by atoms with Crippen LogP contribution in [0.25, 0.3) is 0 Å². The van der Waals surface area contributed by atoms with Crippen LogP contribution in [0.5, 0.6) is 5.75 Å². The van der Waals surface area contributed by atoms with Crippen molar-refractivity contribution in [3.63, 3.8) is 0 Å². The highest BCUT2D eigenvalue weighted by Crippen LogP contribution is 2.18.